The summed E-state index contributed by atoms with van der Waals surface area (Å²) in [5.41, 5.74) is -6.07. The zero-order chi connectivity index (χ0) is 24.9. The fourth-order valence-electron chi connectivity index (χ4n) is 3.05. The standard InChI is InChI=1S/C21H9F11O/c1-8-2-11(22)17(12(23)3-8)9-4-13(24)19(14(25)5-9)21(31,32)33-10-6-15(26)18(16(27)7-10)20(28,29)30/h2-7H,1H3. The molecular weight excluding hydrogens is 477 g/mol. The second-order valence-corrected chi connectivity index (χ2v) is 6.80. The van der Waals surface area contributed by atoms with Crippen LogP contribution in [0.25, 0.3) is 11.1 Å². The summed E-state index contributed by atoms with van der Waals surface area (Å²) in [5, 5.41) is 0. The van der Waals surface area contributed by atoms with Gasteiger partial charge in [-0.1, -0.05) is 0 Å². The van der Waals surface area contributed by atoms with E-state index in [1.807, 2.05) is 0 Å². The molecule has 0 aliphatic carbocycles. The van der Waals surface area contributed by atoms with Gasteiger partial charge in [-0.2, -0.15) is 22.0 Å². The highest BCUT2D eigenvalue weighted by molar-refractivity contribution is 5.66. The van der Waals surface area contributed by atoms with E-state index in [1.54, 1.807) is 0 Å². The largest absolute Gasteiger partial charge is 0.432 e. The molecule has 0 aliphatic heterocycles. The first kappa shape index (κ1) is 24.3. The normalized spacial score (nSPS) is 12.2. The Bertz CT molecular complexity index is 1160. The Morgan fingerprint density at radius 2 is 1.00 bits per heavy atom. The molecule has 1 nitrogen and oxygen atoms in total. The van der Waals surface area contributed by atoms with E-state index in [9.17, 15) is 48.3 Å². The van der Waals surface area contributed by atoms with Crippen molar-refractivity contribution in [2.75, 3.05) is 0 Å². The average molecular weight is 486 g/mol. The summed E-state index contributed by atoms with van der Waals surface area (Å²) in [6.45, 7) is 1.32. The van der Waals surface area contributed by atoms with Gasteiger partial charge in [-0.05, 0) is 42.3 Å². The monoisotopic (exact) mass is 486 g/mol. The van der Waals surface area contributed by atoms with E-state index >= 15 is 0 Å². The van der Waals surface area contributed by atoms with Crippen LogP contribution < -0.4 is 4.74 Å². The van der Waals surface area contributed by atoms with Crippen molar-refractivity contribution in [3.8, 4) is 16.9 Å². The molecule has 0 fully saturated rings. The van der Waals surface area contributed by atoms with Crippen molar-refractivity contribution < 1.29 is 53.0 Å². The van der Waals surface area contributed by atoms with E-state index in [0.29, 0.717) is 0 Å². The first-order chi connectivity index (χ1) is 15.1. The Morgan fingerprint density at radius 3 is 1.42 bits per heavy atom. The van der Waals surface area contributed by atoms with Crippen LogP contribution >= 0.6 is 0 Å². The molecule has 0 amide bonds. The number of hydrogen-bond donors (Lipinski definition) is 0. The van der Waals surface area contributed by atoms with E-state index in [4.69, 9.17) is 0 Å². The molecule has 0 radical (unpaired) electrons. The molecule has 0 atom stereocenters. The van der Waals surface area contributed by atoms with Crippen LogP contribution in [-0.4, -0.2) is 0 Å². The summed E-state index contributed by atoms with van der Waals surface area (Å²) in [6.07, 6.45) is -10.5. The second-order valence-electron chi connectivity index (χ2n) is 6.80. The maximum atomic E-state index is 14.4. The molecule has 0 saturated carbocycles. The van der Waals surface area contributed by atoms with Crippen molar-refractivity contribution in [3.05, 3.63) is 88.0 Å². The highest BCUT2D eigenvalue weighted by atomic mass is 19.4. The molecule has 3 aromatic rings. The molecule has 0 heterocycles. The number of hydrogen-bond acceptors (Lipinski definition) is 1. The molecule has 12 heteroatoms. The maximum absolute atomic E-state index is 14.4. The summed E-state index contributed by atoms with van der Waals surface area (Å²) in [5.74, 6) is -12.7. The van der Waals surface area contributed by atoms with Crippen LogP contribution in [0.1, 0.15) is 16.7 Å². The summed E-state index contributed by atoms with van der Waals surface area (Å²) < 4.78 is 154. The van der Waals surface area contributed by atoms with Crippen molar-refractivity contribution in [1.82, 2.24) is 0 Å². The molecular formula is C21H9F11O. The van der Waals surface area contributed by atoms with Crippen LogP contribution in [-0.2, 0) is 12.3 Å². The van der Waals surface area contributed by atoms with Gasteiger partial charge in [0.15, 0.2) is 0 Å². The number of aryl methyl sites for hydroxylation is 1. The molecule has 0 bridgehead atoms. The predicted octanol–water partition coefficient (Wildman–Crippen LogP) is 7.64. The maximum Gasteiger partial charge on any atom is 0.432 e. The van der Waals surface area contributed by atoms with E-state index in [2.05, 4.69) is 4.74 Å². The summed E-state index contributed by atoms with van der Waals surface area (Å²) in [6, 6.07) is 1.49. The summed E-state index contributed by atoms with van der Waals surface area (Å²) >= 11 is 0. The SMILES string of the molecule is Cc1cc(F)c(-c2cc(F)c(C(F)(F)Oc3cc(F)c(C(F)(F)F)c(F)c3)c(F)c2)c(F)c1. The quantitative estimate of drug-likeness (QED) is 0.345. The number of rotatable bonds is 4. The third-order valence-corrected chi connectivity index (χ3v) is 4.35. The van der Waals surface area contributed by atoms with Crippen LogP contribution in [0, 0.1) is 41.8 Å². The van der Waals surface area contributed by atoms with Gasteiger partial charge >= 0.3 is 12.3 Å². The number of benzene rings is 3. The molecule has 176 valence electrons. The molecule has 0 aliphatic rings. The summed E-state index contributed by atoms with van der Waals surface area (Å²) in [7, 11) is 0. The van der Waals surface area contributed by atoms with E-state index in [1.165, 1.54) is 6.92 Å². The van der Waals surface area contributed by atoms with Gasteiger partial charge in [0, 0.05) is 12.1 Å². The smallest absolute Gasteiger partial charge is 0.429 e. The van der Waals surface area contributed by atoms with Gasteiger partial charge in [0.05, 0.1) is 5.56 Å². The number of halogens is 11. The third-order valence-electron chi connectivity index (χ3n) is 4.35. The second kappa shape index (κ2) is 8.23. The van der Waals surface area contributed by atoms with Crippen LogP contribution in [0.3, 0.4) is 0 Å². The Hall–Kier alpha value is -3.31. The molecule has 0 spiro atoms. The predicted molar refractivity (Wildman–Crippen MR) is 92.3 cm³/mol. The van der Waals surface area contributed by atoms with Crippen molar-refractivity contribution in [1.29, 1.82) is 0 Å². The molecule has 0 saturated heterocycles. The highest BCUT2D eigenvalue weighted by Crippen LogP contribution is 2.40. The van der Waals surface area contributed by atoms with Crippen molar-refractivity contribution >= 4 is 0 Å². The van der Waals surface area contributed by atoms with E-state index in [-0.39, 0.29) is 29.8 Å². The first-order valence-electron chi connectivity index (χ1n) is 8.70. The van der Waals surface area contributed by atoms with Gasteiger partial charge in [0.1, 0.15) is 51.8 Å². The molecule has 3 rings (SSSR count). The van der Waals surface area contributed by atoms with Crippen molar-refractivity contribution in [2.45, 2.75) is 19.2 Å². The lowest BCUT2D eigenvalue weighted by atomic mass is 10.00. The molecule has 0 unspecified atom stereocenters. The van der Waals surface area contributed by atoms with Crippen LogP contribution in [0.4, 0.5) is 48.3 Å². The first-order valence-corrected chi connectivity index (χ1v) is 8.70. The Kier molecular flexibility index (Phi) is 6.07. The zero-order valence-electron chi connectivity index (χ0n) is 16.0. The fourth-order valence-corrected chi connectivity index (χ4v) is 3.05. The number of ether oxygens (including phenoxy) is 1. The lowest BCUT2D eigenvalue weighted by Crippen LogP contribution is -2.25. The van der Waals surface area contributed by atoms with Gasteiger partial charge in [-0.25, -0.2) is 26.3 Å². The fraction of sp³-hybridized carbons (Fsp3) is 0.143. The average Bonchev–Trinajstić information content (AvgIpc) is 2.57. The van der Waals surface area contributed by atoms with E-state index < -0.39 is 75.2 Å². The number of alkyl halides is 5. The van der Waals surface area contributed by atoms with Crippen LogP contribution in [0.15, 0.2) is 36.4 Å². The Labute approximate surface area is 178 Å². The minimum Gasteiger partial charge on any atom is -0.429 e. The topological polar surface area (TPSA) is 9.23 Å². The molecule has 0 aromatic heterocycles. The van der Waals surface area contributed by atoms with Gasteiger partial charge in [0.2, 0.25) is 0 Å². The third kappa shape index (κ3) is 4.74. The van der Waals surface area contributed by atoms with Gasteiger partial charge in [-0.3, -0.25) is 0 Å². The lowest BCUT2D eigenvalue weighted by Gasteiger charge is -2.21. The molecule has 0 N–H and O–H groups in total. The lowest BCUT2D eigenvalue weighted by molar-refractivity contribution is -0.189. The van der Waals surface area contributed by atoms with Crippen molar-refractivity contribution in [2.24, 2.45) is 0 Å². The summed E-state index contributed by atoms with van der Waals surface area (Å²) in [4.78, 5) is 0. The highest BCUT2D eigenvalue weighted by Gasteiger charge is 2.43. The Balaban J connectivity index is 2.03. The zero-order valence-corrected chi connectivity index (χ0v) is 16.0. The van der Waals surface area contributed by atoms with Crippen molar-refractivity contribution in [3.63, 3.8) is 0 Å². The van der Waals surface area contributed by atoms with Crippen LogP contribution in [0.2, 0.25) is 0 Å². The minimum atomic E-state index is -5.50. The molecule has 33 heavy (non-hydrogen) atoms. The molecule has 3 aromatic carbocycles. The van der Waals surface area contributed by atoms with Gasteiger partial charge < -0.3 is 4.74 Å². The van der Waals surface area contributed by atoms with E-state index in [0.717, 1.165) is 12.1 Å². The minimum absolute atomic E-state index is 0.127. The van der Waals surface area contributed by atoms with Gasteiger partial charge in [0.25, 0.3) is 0 Å². The Morgan fingerprint density at radius 1 is 0.576 bits per heavy atom. The van der Waals surface area contributed by atoms with Gasteiger partial charge in [-0.15, -0.1) is 0 Å². The van der Waals surface area contributed by atoms with Crippen LogP contribution in [0.5, 0.6) is 5.75 Å².